The molecule has 0 spiro atoms. The van der Waals surface area contributed by atoms with Crippen LogP contribution in [0.5, 0.6) is 17.2 Å². The van der Waals surface area contributed by atoms with E-state index in [0.717, 1.165) is 0 Å². The van der Waals surface area contributed by atoms with Gasteiger partial charge in [0.2, 0.25) is 5.43 Å². The Bertz CT molecular complexity index is 1110. The Morgan fingerprint density at radius 2 is 1.72 bits per heavy atom. The molecule has 8 nitrogen and oxygen atoms in total. The molecular formula is C21H18O8. The van der Waals surface area contributed by atoms with Crippen LogP contribution in [0.2, 0.25) is 0 Å². The molecule has 0 unspecified atom stereocenters. The third-order valence-corrected chi connectivity index (χ3v) is 3.97. The lowest BCUT2D eigenvalue weighted by Crippen LogP contribution is -2.15. The number of hydrogen-bond acceptors (Lipinski definition) is 8. The number of carbonyl (C=O) groups excluding carboxylic acids is 2. The van der Waals surface area contributed by atoms with E-state index >= 15 is 0 Å². The molecule has 0 aliphatic rings. The summed E-state index contributed by atoms with van der Waals surface area (Å²) < 4.78 is 25.7. The topological polar surface area (TPSA) is 101 Å². The second kappa shape index (κ2) is 8.57. The van der Waals surface area contributed by atoms with E-state index in [1.807, 2.05) is 0 Å². The van der Waals surface area contributed by atoms with Gasteiger partial charge in [0, 0.05) is 20.1 Å². The van der Waals surface area contributed by atoms with Crippen LogP contribution < -0.4 is 19.6 Å². The Hall–Kier alpha value is -3.65. The minimum atomic E-state index is -0.614. The molecule has 0 aliphatic carbocycles. The van der Waals surface area contributed by atoms with Gasteiger partial charge in [0.15, 0.2) is 11.5 Å². The molecule has 3 aromatic rings. The molecule has 0 saturated heterocycles. The van der Waals surface area contributed by atoms with Crippen LogP contribution in [0.25, 0.3) is 22.1 Å². The normalized spacial score (nSPS) is 10.6. The average Bonchev–Trinajstić information content (AvgIpc) is 2.68. The molecule has 0 radical (unpaired) electrons. The summed E-state index contributed by atoms with van der Waals surface area (Å²) in [6.07, 6.45) is 1.32. The van der Waals surface area contributed by atoms with Crippen LogP contribution in [0.4, 0.5) is 0 Å². The van der Waals surface area contributed by atoms with Gasteiger partial charge in [0.25, 0.3) is 0 Å². The first-order valence-corrected chi connectivity index (χ1v) is 8.55. The summed E-state index contributed by atoms with van der Waals surface area (Å²) in [5, 5.41) is 0.259. The first-order chi connectivity index (χ1) is 13.9. The van der Waals surface area contributed by atoms with Crippen LogP contribution >= 0.6 is 0 Å². The van der Waals surface area contributed by atoms with Gasteiger partial charge < -0.3 is 23.4 Å². The van der Waals surface area contributed by atoms with Gasteiger partial charge in [-0.25, -0.2) is 4.79 Å². The summed E-state index contributed by atoms with van der Waals surface area (Å²) in [5.74, 6) is -0.357. The van der Waals surface area contributed by atoms with Crippen molar-refractivity contribution in [1.29, 1.82) is 0 Å². The van der Waals surface area contributed by atoms with Crippen molar-refractivity contribution in [2.45, 2.75) is 6.92 Å². The fourth-order valence-corrected chi connectivity index (χ4v) is 2.71. The third kappa shape index (κ3) is 4.44. The van der Waals surface area contributed by atoms with Gasteiger partial charge in [0.05, 0.1) is 18.1 Å². The number of methoxy groups -OCH3 is 2. The second-order valence-corrected chi connectivity index (χ2v) is 6.00. The average molecular weight is 398 g/mol. The monoisotopic (exact) mass is 398 g/mol. The summed E-state index contributed by atoms with van der Waals surface area (Å²) in [6.45, 7) is 1.08. The molecule has 3 rings (SSSR count). The number of benzene rings is 2. The van der Waals surface area contributed by atoms with E-state index < -0.39 is 11.9 Å². The number of carbonyl (C=O) groups is 2. The SMILES string of the molecule is COCC(=O)Oc1cc2occ(-c3ccc(OC(C)=O)cc3)c(=O)c2cc1OC. The predicted molar refractivity (Wildman–Crippen MR) is 103 cm³/mol. The molecule has 2 aromatic carbocycles. The van der Waals surface area contributed by atoms with Crippen molar-refractivity contribution in [1.82, 2.24) is 0 Å². The summed E-state index contributed by atoms with van der Waals surface area (Å²) in [5.41, 5.74) is 0.847. The van der Waals surface area contributed by atoms with E-state index in [9.17, 15) is 14.4 Å². The number of fused-ring (bicyclic) bond motifs is 1. The highest BCUT2D eigenvalue weighted by molar-refractivity contribution is 5.86. The molecular weight excluding hydrogens is 380 g/mol. The van der Waals surface area contributed by atoms with E-state index in [1.54, 1.807) is 24.3 Å². The first kappa shape index (κ1) is 20.1. The third-order valence-electron chi connectivity index (χ3n) is 3.97. The standard InChI is InChI=1S/C21H18O8/c1-12(22)28-14-6-4-13(5-7-14)16-10-27-17-9-19(29-20(23)11-25-2)18(26-3)8-15(17)21(16)24/h4-10H,11H2,1-3H3. The number of rotatable bonds is 6. The Balaban J connectivity index is 2.02. The van der Waals surface area contributed by atoms with Crippen molar-refractivity contribution >= 4 is 22.9 Å². The molecule has 0 saturated carbocycles. The number of esters is 2. The van der Waals surface area contributed by atoms with Gasteiger partial charge in [-0.1, -0.05) is 12.1 Å². The van der Waals surface area contributed by atoms with Crippen molar-refractivity contribution in [2.24, 2.45) is 0 Å². The van der Waals surface area contributed by atoms with Crippen LogP contribution in [-0.2, 0) is 14.3 Å². The zero-order chi connectivity index (χ0) is 21.0. The summed E-state index contributed by atoms with van der Waals surface area (Å²) in [4.78, 5) is 35.7. The maximum absolute atomic E-state index is 13.0. The van der Waals surface area contributed by atoms with Gasteiger partial charge >= 0.3 is 11.9 Å². The van der Waals surface area contributed by atoms with Crippen LogP contribution in [0.1, 0.15) is 6.92 Å². The highest BCUT2D eigenvalue weighted by atomic mass is 16.6. The van der Waals surface area contributed by atoms with E-state index in [1.165, 1.54) is 39.5 Å². The van der Waals surface area contributed by atoms with E-state index in [-0.39, 0.29) is 34.5 Å². The summed E-state index contributed by atoms with van der Waals surface area (Å²) >= 11 is 0. The maximum Gasteiger partial charge on any atom is 0.337 e. The molecule has 1 aromatic heterocycles. The van der Waals surface area contributed by atoms with Gasteiger partial charge in [-0.3, -0.25) is 9.59 Å². The number of ether oxygens (including phenoxy) is 4. The molecule has 0 aliphatic heterocycles. The maximum atomic E-state index is 13.0. The van der Waals surface area contributed by atoms with Crippen LogP contribution in [0.3, 0.4) is 0 Å². The molecule has 1 heterocycles. The zero-order valence-electron chi connectivity index (χ0n) is 16.0. The van der Waals surface area contributed by atoms with Gasteiger partial charge in [-0.15, -0.1) is 0 Å². The van der Waals surface area contributed by atoms with Crippen molar-refractivity contribution in [3.8, 4) is 28.4 Å². The van der Waals surface area contributed by atoms with Crippen molar-refractivity contribution in [2.75, 3.05) is 20.8 Å². The van der Waals surface area contributed by atoms with Crippen LogP contribution in [0.15, 0.2) is 51.9 Å². The zero-order valence-corrected chi connectivity index (χ0v) is 16.0. The van der Waals surface area contributed by atoms with Crippen LogP contribution in [-0.4, -0.2) is 32.8 Å². The summed E-state index contributed by atoms with van der Waals surface area (Å²) in [6, 6.07) is 9.33. The molecule has 0 atom stereocenters. The Kier molecular flexibility index (Phi) is 5.94. The van der Waals surface area contributed by atoms with E-state index in [2.05, 4.69) is 0 Å². The smallest absolute Gasteiger partial charge is 0.337 e. The Labute approximate surface area is 165 Å². The van der Waals surface area contributed by atoms with Gasteiger partial charge in [-0.2, -0.15) is 0 Å². The molecule has 0 N–H and O–H groups in total. The Morgan fingerprint density at radius 3 is 2.34 bits per heavy atom. The van der Waals surface area contributed by atoms with E-state index in [4.69, 9.17) is 23.4 Å². The van der Waals surface area contributed by atoms with Crippen molar-refractivity contribution < 1.29 is 33.0 Å². The Morgan fingerprint density at radius 1 is 1.00 bits per heavy atom. The summed E-state index contributed by atoms with van der Waals surface area (Å²) in [7, 11) is 2.77. The number of hydrogen-bond donors (Lipinski definition) is 0. The molecule has 150 valence electrons. The molecule has 29 heavy (non-hydrogen) atoms. The predicted octanol–water partition coefficient (Wildman–Crippen LogP) is 2.95. The first-order valence-electron chi connectivity index (χ1n) is 8.55. The van der Waals surface area contributed by atoms with Crippen LogP contribution in [0, 0.1) is 0 Å². The molecule has 8 heteroatoms. The quantitative estimate of drug-likeness (QED) is 0.461. The highest BCUT2D eigenvalue weighted by Crippen LogP contribution is 2.32. The minimum absolute atomic E-state index is 0.115. The van der Waals surface area contributed by atoms with Crippen molar-refractivity contribution in [3.63, 3.8) is 0 Å². The molecule has 0 fully saturated rings. The largest absolute Gasteiger partial charge is 0.493 e. The second-order valence-electron chi connectivity index (χ2n) is 6.00. The molecule has 0 amide bonds. The molecule has 0 bridgehead atoms. The lowest BCUT2D eigenvalue weighted by molar-refractivity contribution is -0.138. The highest BCUT2D eigenvalue weighted by Gasteiger charge is 2.16. The lowest BCUT2D eigenvalue weighted by atomic mass is 10.1. The van der Waals surface area contributed by atoms with E-state index in [0.29, 0.717) is 16.9 Å². The van der Waals surface area contributed by atoms with Gasteiger partial charge in [-0.05, 0) is 23.8 Å². The lowest BCUT2D eigenvalue weighted by Gasteiger charge is -2.10. The fraction of sp³-hybridized carbons (Fsp3) is 0.190. The van der Waals surface area contributed by atoms with Gasteiger partial charge in [0.1, 0.15) is 24.2 Å². The fourth-order valence-electron chi connectivity index (χ4n) is 2.71. The van der Waals surface area contributed by atoms with Crippen molar-refractivity contribution in [3.05, 3.63) is 52.9 Å². The minimum Gasteiger partial charge on any atom is -0.493 e.